The lowest BCUT2D eigenvalue weighted by Gasteiger charge is -2.27. The summed E-state index contributed by atoms with van der Waals surface area (Å²) in [5, 5.41) is 4.81. The van der Waals surface area contributed by atoms with Gasteiger partial charge in [0.25, 0.3) is 0 Å². The van der Waals surface area contributed by atoms with Crippen LogP contribution in [0.2, 0.25) is 0 Å². The lowest BCUT2D eigenvalue weighted by molar-refractivity contribution is 0.0191. The molecule has 0 N–H and O–H groups in total. The van der Waals surface area contributed by atoms with Crippen LogP contribution in [0, 0.1) is 6.92 Å². The summed E-state index contributed by atoms with van der Waals surface area (Å²) in [4.78, 5) is 14.0. The highest BCUT2D eigenvalue weighted by Gasteiger charge is 2.28. The first kappa shape index (κ1) is 22.3. The predicted octanol–water partition coefficient (Wildman–Crippen LogP) is 4.65. The summed E-state index contributed by atoms with van der Waals surface area (Å²) >= 11 is 0. The van der Waals surface area contributed by atoms with Crippen LogP contribution in [-0.4, -0.2) is 43.5 Å². The summed E-state index contributed by atoms with van der Waals surface area (Å²) in [6.07, 6.45) is 5.78. The number of ether oxygens (including phenoxy) is 2. The maximum atomic E-state index is 5.70. The number of hydrogen-bond donors (Lipinski definition) is 0. The van der Waals surface area contributed by atoms with E-state index in [0.717, 1.165) is 42.2 Å². The number of methoxy groups -OCH3 is 2. The second-order valence-electron chi connectivity index (χ2n) is 9.20. The van der Waals surface area contributed by atoms with Gasteiger partial charge in [0.1, 0.15) is 17.2 Å². The molecule has 0 spiro atoms. The second kappa shape index (κ2) is 8.68. The van der Waals surface area contributed by atoms with E-state index in [-0.39, 0.29) is 11.5 Å². The van der Waals surface area contributed by atoms with Crippen molar-refractivity contribution in [3.63, 3.8) is 0 Å². The quantitative estimate of drug-likeness (QED) is 0.418. The number of nitrogens with zero attached hydrogens (tertiary/aromatic N) is 6. The maximum Gasteiger partial charge on any atom is 0.238 e. The molecule has 0 saturated carbocycles. The summed E-state index contributed by atoms with van der Waals surface area (Å²) in [5.41, 5.74) is 4.48. The van der Waals surface area contributed by atoms with Crippen molar-refractivity contribution in [1.82, 2.24) is 29.3 Å². The van der Waals surface area contributed by atoms with Crippen molar-refractivity contribution in [1.29, 1.82) is 0 Å². The van der Waals surface area contributed by atoms with Gasteiger partial charge in [0, 0.05) is 25.8 Å². The minimum absolute atomic E-state index is 0.178. The Morgan fingerprint density at radius 1 is 1.09 bits per heavy atom. The molecule has 4 heterocycles. The first-order valence-corrected chi connectivity index (χ1v) is 11.6. The van der Waals surface area contributed by atoms with Crippen molar-refractivity contribution in [3.8, 4) is 23.1 Å². The standard InChI is InChI=1S/C26H30N6O2/c1-17-15-31(16-27-17)22-12-11-21(28-25(22)33-4)23-29-24-20(10-7-13-32(24)30-23)18-8-6-9-19(14-18)26(2,3)34-5/h6,8-9,11-12,14-16,20H,7,10,13H2,1-5H3/t20-/m0/s1. The molecule has 0 bridgehead atoms. The van der Waals surface area contributed by atoms with Crippen LogP contribution in [0.1, 0.15) is 55.3 Å². The normalized spacial score (nSPS) is 15.9. The highest BCUT2D eigenvalue weighted by Crippen LogP contribution is 2.36. The Morgan fingerprint density at radius 3 is 2.68 bits per heavy atom. The van der Waals surface area contributed by atoms with Gasteiger partial charge >= 0.3 is 0 Å². The summed E-state index contributed by atoms with van der Waals surface area (Å²) in [6.45, 7) is 6.97. The zero-order valence-electron chi connectivity index (χ0n) is 20.3. The van der Waals surface area contributed by atoms with Crippen LogP contribution < -0.4 is 4.74 Å². The fraction of sp³-hybridized carbons (Fsp3) is 0.385. The highest BCUT2D eigenvalue weighted by molar-refractivity contribution is 5.55. The van der Waals surface area contributed by atoms with Gasteiger partial charge in [0.15, 0.2) is 5.82 Å². The number of pyridine rings is 1. The zero-order chi connectivity index (χ0) is 23.9. The molecule has 0 aliphatic carbocycles. The van der Waals surface area contributed by atoms with Gasteiger partial charge in [0.05, 0.1) is 24.7 Å². The molecule has 0 saturated heterocycles. The molecule has 1 aliphatic rings. The second-order valence-corrected chi connectivity index (χ2v) is 9.20. The van der Waals surface area contributed by atoms with Gasteiger partial charge in [-0.25, -0.2) is 19.6 Å². The molecule has 8 heteroatoms. The summed E-state index contributed by atoms with van der Waals surface area (Å²) in [5.74, 6) is 2.28. The molecule has 1 aliphatic heterocycles. The molecule has 0 radical (unpaired) electrons. The van der Waals surface area contributed by atoms with Crippen molar-refractivity contribution in [2.75, 3.05) is 14.2 Å². The number of hydrogen-bond acceptors (Lipinski definition) is 6. The third-order valence-corrected chi connectivity index (χ3v) is 6.62. The Labute approximate surface area is 199 Å². The molecule has 0 amide bonds. The van der Waals surface area contributed by atoms with Crippen molar-refractivity contribution >= 4 is 0 Å². The zero-order valence-corrected chi connectivity index (χ0v) is 20.3. The van der Waals surface area contributed by atoms with E-state index >= 15 is 0 Å². The van der Waals surface area contributed by atoms with E-state index in [2.05, 4.69) is 43.1 Å². The van der Waals surface area contributed by atoms with Crippen LogP contribution in [0.25, 0.3) is 17.2 Å². The molecular formula is C26H30N6O2. The number of aryl methyl sites for hydroxylation is 2. The fourth-order valence-electron chi connectivity index (χ4n) is 4.48. The van der Waals surface area contributed by atoms with Crippen molar-refractivity contribution in [2.45, 2.75) is 51.7 Å². The lowest BCUT2D eigenvalue weighted by atomic mass is 9.87. The van der Waals surface area contributed by atoms with E-state index in [0.29, 0.717) is 17.4 Å². The Balaban J connectivity index is 1.50. The topological polar surface area (TPSA) is 79.9 Å². The Morgan fingerprint density at radius 2 is 1.94 bits per heavy atom. The van der Waals surface area contributed by atoms with Crippen molar-refractivity contribution in [2.24, 2.45) is 0 Å². The molecule has 4 aromatic rings. The van der Waals surface area contributed by atoms with Crippen LogP contribution in [-0.2, 0) is 16.9 Å². The Bertz CT molecular complexity index is 1320. The fourth-order valence-corrected chi connectivity index (χ4v) is 4.48. The van der Waals surface area contributed by atoms with Gasteiger partial charge in [-0.1, -0.05) is 24.3 Å². The average molecular weight is 459 g/mol. The van der Waals surface area contributed by atoms with Crippen LogP contribution in [0.5, 0.6) is 5.88 Å². The molecule has 34 heavy (non-hydrogen) atoms. The summed E-state index contributed by atoms with van der Waals surface area (Å²) in [7, 11) is 3.37. The van der Waals surface area contributed by atoms with Gasteiger partial charge < -0.3 is 14.0 Å². The Kier molecular flexibility index (Phi) is 5.69. The molecule has 1 atom stereocenters. The molecule has 176 valence electrons. The highest BCUT2D eigenvalue weighted by atomic mass is 16.5. The third kappa shape index (κ3) is 3.98. The number of benzene rings is 1. The van der Waals surface area contributed by atoms with Crippen molar-refractivity contribution < 1.29 is 9.47 Å². The van der Waals surface area contributed by atoms with E-state index in [1.165, 1.54) is 5.56 Å². The van der Waals surface area contributed by atoms with Gasteiger partial charge in [-0.3, -0.25) is 0 Å². The van der Waals surface area contributed by atoms with E-state index in [1.54, 1.807) is 20.5 Å². The predicted molar refractivity (Wildman–Crippen MR) is 129 cm³/mol. The maximum absolute atomic E-state index is 5.70. The molecule has 0 fully saturated rings. The molecular weight excluding hydrogens is 428 g/mol. The monoisotopic (exact) mass is 458 g/mol. The molecule has 5 rings (SSSR count). The smallest absolute Gasteiger partial charge is 0.238 e. The lowest BCUT2D eigenvalue weighted by Crippen LogP contribution is -2.21. The number of rotatable bonds is 6. The van der Waals surface area contributed by atoms with Crippen LogP contribution >= 0.6 is 0 Å². The van der Waals surface area contributed by atoms with E-state index in [1.807, 2.05) is 34.5 Å². The molecule has 1 aromatic carbocycles. The van der Waals surface area contributed by atoms with Gasteiger partial charge in [-0.2, -0.15) is 0 Å². The van der Waals surface area contributed by atoms with Crippen molar-refractivity contribution in [3.05, 3.63) is 71.6 Å². The van der Waals surface area contributed by atoms with Crippen LogP contribution in [0.15, 0.2) is 48.9 Å². The van der Waals surface area contributed by atoms with Gasteiger partial charge in [-0.05, 0) is 56.9 Å². The van der Waals surface area contributed by atoms with Gasteiger partial charge in [0.2, 0.25) is 5.88 Å². The summed E-state index contributed by atoms with van der Waals surface area (Å²) in [6, 6.07) is 12.5. The molecule has 3 aromatic heterocycles. The number of fused-ring (bicyclic) bond motifs is 1. The molecule has 8 nitrogen and oxygen atoms in total. The number of aromatic nitrogens is 6. The van der Waals surface area contributed by atoms with Crippen LogP contribution in [0.4, 0.5) is 0 Å². The first-order valence-electron chi connectivity index (χ1n) is 11.6. The minimum atomic E-state index is -0.348. The largest absolute Gasteiger partial charge is 0.479 e. The third-order valence-electron chi connectivity index (χ3n) is 6.62. The van der Waals surface area contributed by atoms with Gasteiger partial charge in [-0.15, -0.1) is 5.10 Å². The Hall–Kier alpha value is -3.52. The first-order chi connectivity index (χ1) is 16.4. The molecule has 0 unspecified atom stereocenters. The average Bonchev–Trinajstić information content (AvgIpc) is 3.50. The van der Waals surface area contributed by atoms with Crippen LogP contribution in [0.3, 0.4) is 0 Å². The van der Waals surface area contributed by atoms with E-state index in [9.17, 15) is 0 Å². The van der Waals surface area contributed by atoms with E-state index < -0.39 is 0 Å². The summed E-state index contributed by atoms with van der Waals surface area (Å²) < 4.78 is 15.2. The van der Waals surface area contributed by atoms with E-state index in [4.69, 9.17) is 24.5 Å². The minimum Gasteiger partial charge on any atom is -0.479 e. The SMILES string of the molecule is COc1nc(-c2nc3n(n2)CCC[C@H]3c2cccc(C(C)(C)OC)c2)ccc1-n1cnc(C)c1. The number of imidazole rings is 1.